The van der Waals surface area contributed by atoms with Crippen LogP contribution in [0, 0.1) is 11.8 Å². The molecule has 2 bridgehead atoms. The summed E-state index contributed by atoms with van der Waals surface area (Å²) < 4.78 is 17.2. The number of unbranched alkanes of at least 4 members (excludes halogenated alkanes) is 1. The average Bonchev–Trinajstić information content (AvgIpc) is 2.63. The van der Waals surface area contributed by atoms with Gasteiger partial charge in [0.05, 0.1) is 31.8 Å². The summed E-state index contributed by atoms with van der Waals surface area (Å²) in [5, 5.41) is 11.0. The first kappa shape index (κ1) is 24.3. The molecule has 5 atom stereocenters. The van der Waals surface area contributed by atoms with E-state index < -0.39 is 20.9 Å². The third-order valence-corrected chi connectivity index (χ3v) is 6.99. The molecule has 0 spiro atoms. The molecular weight excluding hydrogens is 390 g/mol. The number of hydrogen-bond donors (Lipinski definition) is 1. The van der Waals surface area contributed by atoms with Crippen molar-refractivity contribution in [2.75, 3.05) is 19.8 Å². The fraction of sp³-hybridized carbons (Fsp3) is 0.905. The molecule has 0 aromatic rings. The van der Waals surface area contributed by atoms with E-state index in [4.69, 9.17) is 13.9 Å². The first-order chi connectivity index (χ1) is 13.8. The Bertz CT molecular complexity index is 559. The summed E-state index contributed by atoms with van der Waals surface area (Å²) in [5.41, 5.74) is -0.819. The third-order valence-electron chi connectivity index (χ3n) is 6.11. The second-order valence-corrected chi connectivity index (χ2v) is 10.9. The molecule has 0 saturated carbocycles. The number of carbonyl (C=O) groups is 2. The molecule has 0 aromatic heterocycles. The van der Waals surface area contributed by atoms with E-state index in [-0.39, 0.29) is 36.4 Å². The lowest BCUT2D eigenvalue weighted by molar-refractivity contribution is -0.244. The number of carbonyl (C=O) groups excluding carboxylic acids is 2. The maximum absolute atomic E-state index is 12.7. The average molecular weight is 430 g/mol. The van der Waals surface area contributed by atoms with Crippen LogP contribution in [0.25, 0.3) is 0 Å². The first-order valence-electron chi connectivity index (χ1n) is 11.2. The summed E-state index contributed by atoms with van der Waals surface area (Å²) in [7, 11) is -1.55. The van der Waals surface area contributed by atoms with Crippen molar-refractivity contribution < 1.29 is 28.6 Å². The van der Waals surface area contributed by atoms with Crippen molar-refractivity contribution in [1.29, 1.82) is 0 Å². The van der Waals surface area contributed by atoms with Gasteiger partial charge in [0.15, 0.2) is 9.04 Å². The molecule has 0 amide bonds. The number of aliphatic hydroxyl groups is 1. The second-order valence-electron chi connectivity index (χ2n) is 8.54. The van der Waals surface area contributed by atoms with Crippen molar-refractivity contribution in [3.8, 4) is 0 Å². The van der Waals surface area contributed by atoms with Crippen LogP contribution in [0.4, 0.5) is 0 Å². The van der Waals surface area contributed by atoms with Gasteiger partial charge in [-0.05, 0) is 46.2 Å². The standard InChI is InChI=1S/C21H39NO6Si/c1-6-9-10-17-18(23)12-16-11-15(20(25)27-8-3)13-21(17,28-29(4)5)22(16)14-19(24)26-7-2/h15-18,23,29H,6-14H2,1-5H3. The van der Waals surface area contributed by atoms with Crippen molar-refractivity contribution >= 4 is 21.0 Å². The van der Waals surface area contributed by atoms with Crippen LogP contribution < -0.4 is 0 Å². The van der Waals surface area contributed by atoms with Gasteiger partial charge < -0.3 is 19.0 Å². The summed E-state index contributed by atoms with van der Waals surface area (Å²) >= 11 is 0. The van der Waals surface area contributed by atoms with Crippen LogP contribution in [-0.4, -0.2) is 68.6 Å². The van der Waals surface area contributed by atoms with Gasteiger partial charge in [-0.3, -0.25) is 14.5 Å². The number of fused-ring (bicyclic) bond motifs is 2. The quantitative estimate of drug-likeness (QED) is 0.422. The molecule has 29 heavy (non-hydrogen) atoms. The van der Waals surface area contributed by atoms with E-state index in [0.717, 1.165) is 19.3 Å². The molecule has 7 nitrogen and oxygen atoms in total. The largest absolute Gasteiger partial charge is 0.466 e. The molecule has 2 heterocycles. The minimum absolute atomic E-state index is 0.108. The zero-order chi connectivity index (χ0) is 21.6. The van der Waals surface area contributed by atoms with Crippen LogP contribution in [0.15, 0.2) is 0 Å². The molecule has 5 unspecified atom stereocenters. The Hall–Kier alpha value is -0.963. The minimum atomic E-state index is -1.55. The molecule has 0 aliphatic carbocycles. The van der Waals surface area contributed by atoms with Crippen LogP contribution in [0.2, 0.25) is 13.1 Å². The molecule has 1 N–H and O–H groups in total. The lowest BCUT2D eigenvalue weighted by atomic mass is 9.67. The number of rotatable bonds is 10. The molecule has 2 saturated heterocycles. The van der Waals surface area contributed by atoms with Gasteiger partial charge in [0, 0.05) is 18.4 Å². The van der Waals surface area contributed by atoms with Crippen LogP contribution in [0.3, 0.4) is 0 Å². The highest BCUT2D eigenvalue weighted by Crippen LogP contribution is 2.50. The Labute approximate surface area is 176 Å². The van der Waals surface area contributed by atoms with E-state index in [0.29, 0.717) is 32.5 Å². The predicted molar refractivity (Wildman–Crippen MR) is 113 cm³/mol. The highest BCUT2D eigenvalue weighted by molar-refractivity contribution is 6.48. The Balaban J connectivity index is 2.45. The normalized spacial score (nSPS) is 32.2. The fourth-order valence-electron chi connectivity index (χ4n) is 5.15. The highest BCUT2D eigenvalue weighted by Gasteiger charge is 2.59. The van der Waals surface area contributed by atoms with E-state index in [2.05, 4.69) is 24.9 Å². The summed E-state index contributed by atoms with van der Waals surface area (Å²) in [4.78, 5) is 27.2. The topological polar surface area (TPSA) is 85.3 Å². The van der Waals surface area contributed by atoms with Gasteiger partial charge >= 0.3 is 11.9 Å². The zero-order valence-electron chi connectivity index (χ0n) is 18.7. The summed E-state index contributed by atoms with van der Waals surface area (Å²) in [6, 6.07) is -0.108. The van der Waals surface area contributed by atoms with Gasteiger partial charge in [0.2, 0.25) is 0 Å². The highest BCUT2D eigenvalue weighted by atomic mass is 28.3. The van der Waals surface area contributed by atoms with Gasteiger partial charge in [0.25, 0.3) is 0 Å². The Morgan fingerprint density at radius 1 is 1.14 bits per heavy atom. The first-order valence-corrected chi connectivity index (χ1v) is 14.0. The van der Waals surface area contributed by atoms with Crippen molar-refractivity contribution in [2.24, 2.45) is 11.8 Å². The molecule has 8 heteroatoms. The Morgan fingerprint density at radius 3 is 2.41 bits per heavy atom. The monoisotopic (exact) mass is 429 g/mol. The molecule has 2 aliphatic heterocycles. The molecule has 2 rings (SSSR count). The van der Waals surface area contributed by atoms with E-state index in [1.807, 2.05) is 6.92 Å². The smallest absolute Gasteiger partial charge is 0.320 e. The fourth-order valence-corrected chi connectivity index (χ4v) is 6.37. The molecule has 2 aliphatic rings. The SMILES string of the molecule is CCCCC1C(O)CC2CC(C(=O)OCC)CC1(O[SiH](C)C)N2CC(=O)OCC. The molecule has 2 fully saturated rings. The maximum atomic E-state index is 12.7. The van der Waals surface area contributed by atoms with Gasteiger partial charge in [-0.2, -0.15) is 0 Å². The lowest BCUT2D eigenvalue weighted by Gasteiger charge is -2.61. The van der Waals surface area contributed by atoms with Gasteiger partial charge in [-0.15, -0.1) is 0 Å². The number of aliphatic hydroxyl groups excluding tert-OH is 1. The van der Waals surface area contributed by atoms with E-state index in [1.165, 1.54) is 0 Å². The Kier molecular flexibility index (Phi) is 9.12. The summed E-state index contributed by atoms with van der Waals surface area (Å²) in [5.74, 6) is -0.892. The molecule has 0 aromatic carbocycles. The van der Waals surface area contributed by atoms with Crippen LogP contribution in [0.5, 0.6) is 0 Å². The van der Waals surface area contributed by atoms with E-state index >= 15 is 0 Å². The van der Waals surface area contributed by atoms with E-state index in [9.17, 15) is 14.7 Å². The third kappa shape index (κ3) is 5.60. The molecule has 168 valence electrons. The van der Waals surface area contributed by atoms with Gasteiger partial charge in [-0.1, -0.05) is 19.8 Å². The van der Waals surface area contributed by atoms with Crippen molar-refractivity contribution in [3.63, 3.8) is 0 Å². The number of nitrogens with zero attached hydrogens (tertiary/aromatic N) is 1. The zero-order valence-corrected chi connectivity index (χ0v) is 19.8. The molecule has 0 radical (unpaired) electrons. The van der Waals surface area contributed by atoms with E-state index in [1.54, 1.807) is 6.92 Å². The van der Waals surface area contributed by atoms with Crippen LogP contribution in [-0.2, 0) is 23.5 Å². The number of hydrogen-bond acceptors (Lipinski definition) is 7. The number of ether oxygens (including phenoxy) is 2. The predicted octanol–water partition coefficient (Wildman–Crippen LogP) is 2.46. The second kappa shape index (κ2) is 10.9. The Morgan fingerprint density at radius 2 is 1.83 bits per heavy atom. The van der Waals surface area contributed by atoms with Gasteiger partial charge in [-0.25, -0.2) is 0 Å². The number of esters is 2. The minimum Gasteiger partial charge on any atom is -0.466 e. The lowest BCUT2D eigenvalue weighted by Crippen LogP contribution is -2.71. The summed E-state index contributed by atoms with van der Waals surface area (Å²) in [6.07, 6.45) is 3.85. The van der Waals surface area contributed by atoms with Crippen LogP contribution >= 0.6 is 0 Å². The number of piperidine rings is 2. The van der Waals surface area contributed by atoms with Crippen molar-refractivity contribution in [3.05, 3.63) is 0 Å². The maximum Gasteiger partial charge on any atom is 0.320 e. The van der Waals surface area contributed by atoms with Gasteiger partial charge in [0.1, 0.15) is 5.72 Å². The summed E-state index contributed by atoms with van der Waals surface area (Å²) in [6.45, 7) is 10.7. The van der Waals surface area contributed by atoms with Crippen LogP contribution in [0.1, 0.15) is 59.3 Å². The van der Waals surface area contributed by atoms with Crippen molar-refractivity contribution in [2.45, 2.75) is 90.3 Å². The molecular formula is C21H39NO6Si. The van der Waals surface area contributed by atoms with Crippen molar-refractivity contribution in [1.82, 2.24) is 4.90 Å².